The Morgan fingerprint density at radius 3 is 2.42 bits per heavy atom. The van der Waals surface area contributed by atoms with Gasteiger partial charge < -0.3 is 10.6 Å². The number of benzene rings is 3. The van der Waals surface area contributed by atoms with E-state index < -0.39 is 12.5 Å². The zero-order chi connectivity index (χ0) is 23.2. The van der Waals surface area contributed by atoms with Crippen LogP contribution in [0, 0.1) is 0 Å². The molecule has 2 N–H and O–H groups in total. The van der Waals surface area contributed by atoms with Gasteiger partial charge in [0.1, 0.15) is 0 Å². The standard InChI is InChI=1S/C24H20F2N4O2S/c25-23(26)30-20-13-7-6-12-19(20)29-24(30)33-15-21(31)28-18-11-5-4-10-17(18)22(32)27-14-16-8-2-1-3-9-16/h1-13,23H,14-15H2,(H,27,32)(H,28,31). The minimum Gasteiger partial charge on any atom is -0.348 e. The van der Waals surface area contributed by atoms with Crippen molar-refractivity contribution < 1.29 is 18.4 Å². The Labute approximate surface area is 193 Å². The van der Waals surface area contributed by atoms with Crippen molar-refractivity contribution in [1.82, 2.24) is 14.9 Å². The fourth-order valence-corrected chi connectivity index (χ4v) is 4.11. The van der Waals surface area contributed by atoms with Crippen LogP contribution in [0.4, 0.5) is 14.5 Å². The average molecular weight is 467 g/mol. The molecule has 4 rings (SSSR count). The van der Waals surface area contributed by atoms with Crippen molar-refractivity contribution in [3.05, 3.63) is 90.0 Å². The largest absolute Gasteiger partial charge is 0.348 e. The fraction of sp³-hybridized carbons (Fsp3) is 0.125. The fourth-order valence-electron chi connectivity index (χ4n) is 3.29. The predicted octanol–water partition coefficient (Wildman–Crippen LogP) is 5.09. The number of imidazole rings is 1. The number of rotatable bonds is 8. The number of anilines is 1. The number of carbonyl (C=O) groups is 2. The van der Waals surface area contributed by atoms with Gasteiger partial charge in [0.05, 0.1) is 28.0 Å². The molecule has 33 heavy (non-hydrogen) atoms. The first-order valence-corrected chi connectivity index (χ1v) is 11.1. The third-order valence-corrected chi connectivity index (χ3v) is 5.79. The monoisotopic (exact) mass is 466 g/mol. The highest BCUT2D eigenvalue weighted by Crippen LogP contribution is 2.29. The zero-order valence-electron chi connectivity index (χ0n) is 17.4. The highest BCUT2D eigenvalue weighted by Gasteiger charge is 2.19. The molecular formula is C24H20F2N4O2S. The Morgan fingerprint density at radius 2 is 1.64 bits per heavy atom. The Kier molecular flexibility index (Phi) is 6.99. The summed E-state index contributed by atoms with van der Waals surface area (Å²) in [5, 5.41) is 5.58. The van der Waals surface area contributed by atoms with Crippen molar-refractivity contribution in [2.75, 3.05) is 11.1 Å². The van der Waals surface area contributed by atoms with E-state index in [4.69, 9.17) is 0 Å². The van der Waals surface area contributed by atoms with E-state index in [9.17, 15) is 18.4 Å². The molecule has 0 aliphatic carbocycles. The van der Waals surface area contributed by atoms with Crippen LogP contribution in [0.2, 0.25) is 0 Å². The first-order valence-electron chi connectivity index (χ1n) is 10.1. The predicted molar refractivity (Wildman–Crippen MR) is 124 cm³/mol. The number of thioether (sulfide) groups is 1. The van der Waals surface area contributed by atoms with Crippen LogP contribution in [0.5, 0.6) is 0 Å². The van der Waals surface area contributed by atoms with Gasteiger partial charge in [-0.25, -0.2) is 4.98 Å². The number of halogens is 2. The lowest BCUT2D eigenvalue weighted by Crippen LogP contribution is -2.25. The van der Waals surface area contributed by atoms with Gasteiger partial charge >= 0.3 is 6.55 Å². The lowest BCUT2D eigenvalue weighted by Gasteiger charge is -2.12. The number of fused-ring (bicyclic) bond motifs is 1. The summed E-state index contributed by atoms with van der Waals surface area (Å²) >= 11 is 0.910. The van der Waals surface area contributed by atoms with Crippen molar-refractivity contribution in [3.8, 4) is 0 Å². The van der Waals surface area contributed by atoms with Crippen molar-refractivity contribution in [2.45, 2.75) is 18.3 Å². The Balaban J connectivity index is 1.42. The number of nitrogens with one attached hydrogen (secondary N) is 2. The normalized spacial score (nSPS) is 11.0. The van der Waals surface area contributed by atoms with Crippen molar-refractivity contribution in [3.63, 3.8) is 0 Å². The molecule has 0 fully saturated rings. The summed E-state index contributed by atoms with van der Waals surface area (Å²) in [7, 11) is 0. The van der Waals surface area contributed by atoms with Crippen LogP contribution in [-0.4, -0.2) is 27.1 Å². The summed E-state index contributed by atoms with van der Waals surface area (Å²) in [6, 6.07) is 22.7. The molecule has 0 aliphatic rings. The van der Waals surface area contributed by atoms with Gasteiger partial charge in [-0.2, -0.15) is 8.78 Å². The van der Waals surface area contributed by atoms with Gasteiger partial charge in [0, 0.05) is 6.54 Å². The van der Waals surface area contributed by atoms with Crippen LogP contribution in [0.15, 0.2) is 84.0 Å². The minimum absolute atomic E-state index is 0.0511. The number of carbonyl (C=O) groups excluding carboxylic acids is 2. The zero-order valence-corrected chi connectivity index (χ0v) is 18.2. The van der Waals surface area contributed by atoms with Crippen molar-refractivity contribution in [1.29, 1.82) is 0 Å². The van der Waals surface area contributed by atoms with E-state index >= 15 is 0 Å². The van der Waals surface area contributed by atoms with E-state index in [0.717, 1.165) is 21.9 Å². The maximum Gasteiger partial charge on any atom is 0.321 e. The molecule has 2 amide bonds. The van der Waals surface area contributed by atoms with Gasteiger partial charge in [-0.3, -0.25) is 14.2 Å². The highest BCUT2D eigenvalue weighted by atomic mass is 32.2. The summed E-state index contributed by atoms with van der Waals surface area (Å²) in [6.45, 7) is -2.43. The summed E-state index contributed by atoms with van der Waals surface area (Å²) in [5.41, 5.74) is 2.34. The van der Waals surface area contributed by atoms with Crippen LogP contribution in [0.25, 0.3) is 11.0 Å². The maximum absolute atomic E-state index is 13.6. The molecule has 0 unspecified atom stereocenters. The van der Waals surface area contributed by atoms with Crippen LogP contribution in [-0.2, 0) is 11.3 Å². The van der Waals surface area contributed by atoms with Gasteiger partial charge in [0.2, 0.25) is 5.91 Å². The third-order valence-electron chi connectivity index (χ3n) is 4.83. The van der Waals surface area contributed by atoms with E-state index in [-0.39, 0.29) is 16.8 Å². The van der Waals surface area contributed by atoms with Crippen LogP contribution in [0.1, 0.15) is 22.5 Å². The molecule has 0 atom stereocenters. The van der Waals surface area contributed by atoms with Crippen molar-refractivity contribution in [2.24, 2.45) is 0 Å². The molecule has 1 heterocycles. The average Bonchev–Trinajstić information content (AvgIpc) is 3.21. The molecule has 0 saturated carbocycles. The molecular weight excluding hydrogens is 446 g/mol. The topological polar surface area (TPSA) is 76.0 Å². The number of amides is 2. The molecule has 0 spiro atoms. The summed E-state index contributed by atoms with van der Waals surface area (Å²) in [5.74, 6) is -0.909. The number of hydrogen-bond acceptors (Lipinski definition) is 4. The highest BCUT2D eigenvalue weighted by molar-refractivity contribution is 7.99. The molecule has 0 bridgehead atoms. The third kappa shape index (κ3) is 5.38. The van der Waals surface area contributed by atoms with Gasteiger partial charge in [-0.15, -0.1) is 0 Å². The SMILES string of the molecule is O=C(CSc1nc2ccccc2n1C(F)F)Nc1ccccc1C(=O)NCc1ccccc1. The molecule has 6 nitrogen and oxygen atoms in total. The van der Waals surface area contributed by atoms with E-state index in [1.165, 1.54) is 0 Å². The quantitative estimate of drug-likeness (QED) is 0.355. The number of para-hydroxylation sites is 3. The Hall–Kier alpha value is -3.72. The number of aromatic nitrogens is 2. The molecule has 0 radical (unpaired) electrons. The smallest absolute Gasteiger partial charge is 0.321 e. The second-order valence-electron chi connectivity index (χ2n) is 7.08. The lowest BCUT2D eigenvalue weighted by molar-refractivity contribution is -0.113. The first-order chi connectivity index (χ1) is 16.0. The number of hydrogen-bond donors (Lipinski definition) is 2. The van der Waals surface area contributed by atoms with Gasteiger partial charge in [0.25, 0.3) is 5.91 Å². The molecule has 0 saturated heterocycles. The second kappa shape index (κ2) is 10.3. The van der Waals surface area contributed by atoms with E-state index in [2.05, 4.69) is 15.6 Å². The first kappa shape index (κ1) is 22.5. The van der Waals surface area contributed by atoms with Gasteiger partial charge in [0.15, 0.2) is 5.16 Å². The molecule has 1 aromatic heterocycles. The minimum atomic E-state index is -2.78. The Bertz CT molecular complexity index is 1280. The summed E-state index contributed by atoms with van der Waals surface area (Å²) in [4.78, 5) is 29.4. The molecule has 168 valence electrons. The number of alkyl halides is 2. The van der Waals surface area contributed by atoms with E-state index in [1.807, 2.05) is 30.3 Å². The molecule has 0 aliphatic heterocycles. The van der Waals surface area contributed by atoms with Crippen LogP contribution >= 0.6 is 11.8 Å². The summed E-state index contributed by atoms with van der Waals surface area (Å²) < 4.78 is 27.9. The Morgan fingerprint density at radius 1 is 0.939 bits per heavy atom. The molecule has 9 heteroatoms. The second-order valence-corrected chi connectivity index (χ2v) is 8.02. The van der Waals surface area contributed by atoms with Crippen LogP contribution < -0.4 is 10.6 Å². The van der Waals surface area contributed by atoms with Crippen LogP contribution in [0.3, 0.4) is 0 Å². The van der Waals surface area contributed by atoms with Gasteiger partial charge in [-0.05, 0) is 29.8 Å². The lowest BCUT2D eigenvalue weighted by atomic mass is 10.1. The molecule has 3 aromatic carbocycles. The van der Waals surface area contributed by atoms with E-state index in [0.29, 0.717) is 28.8 Å². The van der Waals surface area contributed by atoms with Crippen molar-refractivity contribution >= 4 is 40.3 Å². The molecule has 4 aromatic rings. The van der Waals surface area contributed by atoms with Gasteiger partial charge in [-0.1, -0.05) is 66.4 Å². The summed E-state index contributed by atoms with van der Waals surface area (Å²) in [6.07, 6.45) is 0. The maximum atomic E-state index is 13.6. The number of nitrogens with zero attached hydrogens (tertiary/aromatic N) is 2. The van der Waals surface area contributed by atoms with E-state index in [1.54, 1.807) is 48.5 Å².